The third-order valence-corrected chi connectivity index (χ3v) is 6.00. The van der Waals surface area contributed by atoms with E-state index in [0.29, 0.717) is 37.8 Å². The van der Waals surface area contributed by atoms with Crippen molar-refractivity contribution >= 4 is 11.9 Å². The Balaban J connectivity index is 1.33. The summed E-state index contributed by atoms with van der Waals surface area (Å²) in [5.74, 6) is 1.32. The maximum absolute atomic E-state index is 13.4. The van der Waals surface area contributed by atoms with E-state index in [1.54, 1.807) is 0 Å². The Morgan fingerprint density at radius 2 is 2.12 bits per heavy atom. The second-order valence-electron chi connectivity index (χ2n) is 7.60. The van der Waals surface area contributed by atoms with Crippen LogP contribution in [0.1, 0.15) is 44.6 Å². The zero-order valence-corrected chi connectivity index (χ0v) is 14.7. The van der Waals surface area contributed by atoms with Crippen LogP contribution in [0.4, 0.5) is 14.7 Å². The number of nitrogens with one attached hydrogen (secondary N) is 1. The van der Waals surface area contributed by atoms with Crippen molar-refractivity contribution in [3.8, 4) is 0 Å². The van der Waals surface area contributed by atoms with Crippen molar-refractivity contribution in [2.24, 2.45) is 11.8 Å². The average Bonchev–Trinajstić information content (AvgIpc) is 3.32. The zero-order valence-electron chi connectivity index (χ0n) is 14.7. The van der Waals surface area contributed by atoms with E-state index in [4.69, 9.17) is 0 Å². The number of carbonyl (C=O) groups is 1. The third kappa shape index (κ3) is 3.46. The second-order valence-corrected chi connectivity index (χ2v) is 7.60. The highest BCUT2D eigenvalue weighted by Crippen LogP contribution is 2.35. The average molecular weight is 365 g/mol. The van der Waals surface area contributed by atoms with E-state index < -0.39 is 12.5 Å². The van der Waals surface area contributed by atoms with Crippen LogP contribution in [0.15, 0.2) is 18.5 Å². The highest BCUT2D eigenvalue weighted by atomic mass is 19.3. The van der Waals surface area contributed by atoms with E-state index in [1.807, 2.05) is 4.90 Å². The van der Waals surface area contributed by atoms with Crippen LogP contribution < -0.4 is 5.32 Å². The van der Waals surface area contributed by atoms with Crippen LogP contribution in [0.2, 0.25) is 0 Å². The number of piperidine rings is 1. The summed E-state index contributed by atoms with van der Waals surface area (Å²) in [6.45, 7) is 1.42. The molecule has 1 saturated heterocycles. The lowest BCUT2D eigenvalue weighted by Gasteiger charge is -2.40. The van der Waals surface area contributed by atoms with E-state index in [-0.39, 0.29) is 17.9 Å². The van der Waals surface area contributed by atoms with Crippen molar-refractivity contribution in [2.45, 2.75) is 57.0 Å². The van der Waals surface area contributed by atoms with Gasteiger partial charge in [0.1, 0.15) is 12.4 Å². The first-order valence-corrected chi connectivity index (χ1v) is 9.50. The Kier molecular flexibility index (Phi) is 4.91. The first-order chi connectivity index (χ1) is 12.6. The predicted molar refractivity (Wildman–Crippen MR) is 92.9 cm³/mol. The Morgan fingerprint density at radius 3 is 2.81 bits per heavy atom. The van der Waals surface area contributed by atoms with E-state index >= 15 is 0 Å². The molecule has 1 fully saturated rings. The van der Waals surface area contributed by atoms with Crippen LogP contribution in [0.5, 0.6) is 0 Å². The van der Waals surface area contributed by atoms with Crippen LogP contribution in [0, 0.1) is 11.8 Å². The third-order valence-electron chi connectivity index (χ3n) is 6.00. The Hall–Kier alpha value is -1.99. The smallest absolute Gasteiger partial charge is 0.260 e. The van der Waals surface area contributed by atoms with Crippen LogP contribution in [0.25, 0.3) is 0 Å². The van der Waals surface area contributed by atoms with E-state index in [9.17, 15) is 13.6 Å². The number of fused-ring (bicyclic) bond motifs is 1. The van der Waals surface area contributed by atoms with Gasteiger partial charge in [-0.3, -0.25) is 4.79 Å². The van der Waals surface area contributed by atoms with Crippen molar-refractivity contribution < 1.29 is 13.6 Å². The van der Waals surface area contributed by atoms with Gasteiger partial charge in [-0.2, -0.15) is 10.1 Å². The fourth-order valence-corrected chi connectivity index (χ4v) is 4.47. The van der Waals surface area contributed by atoms with Crippen LogP contribution in [-0.2, 0) is 4.79 Å². The van der Waals surface area contributed by atoms with Gasteiger partial charge in [0.15, 0.2) is 0 Å². The minimum atomic E-state index is -2.46. The molecule has 3 heterocycles. The molecule has 1 aromatic rings. The molecule has 1 N–H and O–H groups in total. The lowest BCUT2D eigenvalue weighted by molar-refractivity contribution is -0.133. The van der Waals surface area contributed by atoms with Gasteiger partial charge in [-0.1, -0.05) is 12.2 Å². The molecule has 1 unspecified atom stereocenters. The van der Waals surface area contributed by atoms with Crippen LogP contribution >= 0.6 is 0 Å². The van der Waals surface area contributed by atoms with Crippen molar-refractivity contribution in [1.29, 1.82) is 0 Å². The van der Waals surface area contributed by atoms with Gasteiger partial charge in [-0.25, -0.2) is 13.5 Å². The molecule has 0 spiro atoms. The molecule has 0 bridgehead atoms. The maximum atomic E-state index is 13.4. The molecule has 1 aromatic heterocycles. The van der Waals surface area contributed by atoms with Gasteiger partial charge >= 0.3 is 0 Å². The molecule has 3 aliphatic rings. The standard InChI is InChI=1S/C18H25F2N5O/c19-17(20)15-10-14(23-18-21-11-22-25(15)18)13-5-7-24(8-6-13)16(26)9-12-3-1-2-4-12/h1,3,11-15,17H,2,4-10H2,(H,21,22,23)/t12?,14-,15+/m0/s1. The van der Waals surface area contributed by atoms with Crippen molar-refractivity contribution in [1.82, 2.24) is 19.7 Å². The molecular formula is C18H25F2N5O. The summed E-state index contributed by atoms with van der Waals surface area (Å²) in [6.07, 6.45) is 7.93. The number of anilines is 1. The fourth-order valence-electron chi connectivity index (χ4n) is 4.47. The van der Waals surface area contributed by atoms with Gasteiger partial charge in [-0.15, -0.1) is 0 Å². The minimum Gasteiger partial charge on any atom is -0.351 e. The van der Waals surface area contributed by atoms with Crippen LogP contribution in [-0.4, -0.2) is 51.1 Å². The molecule has 26 heavy (non-hydrogen) atoms. The number of hydrogen-bond acceptors (Lipinski definition) is 4. The van der Waals surface area contributed by atoms with Gasteiger partial charge in [0.25, 0.3) is 6.43 Å². The van der Waals surface area contributed by atoms with Gasteiger partial charge < -0.3 is 10.2 Å². The van der Waals surface area contributed by atoms with Gasteiger partial charge in [0.2, 0.25) is 11.9 Å². The summed E-state index contributed by atoms with van der Waals surface area (Å²) in [5.41, 5.74) is 0. The van der Waals surface area contributed by atoms with Gasteiger partial charge in [0, 0.05) is 25.6 Å². The molecule has 1 amide bonds. The monoisotopic (exact) mass is 365 g/mol. The largest absolute Gasteiger partial charge is 0.351 e. The summed E-state index contributed by atoms with van der Waals surface area (Å²) in [4.78, 5) is 18.5. The number of carbonyl (C=O) groups excluding carboxylic acids is 1. The number of hydrogen-bond donors (Lipinski definition) is 1. The molecule has 3 atom stereocenters. The summed E-state index contributed by atoms with van der Waals surface area (Å²) < 4.78 is 28.1. The summed E-state index contributed by atoms with van der Waals surface area (Å²) in [7, 11) is 0. The Labute approximate surface area is 151 Å². The SMILES string of the molecule is O=C(CC1C=CCC1)N1CCC([C@@H]2C[C@H](C(F)F)n3ncnc3N2)CC1. The van der Waals surface area contributed by atoms with Crippen molar-refractivity contribution in [2.75, 3.05) is 18.4 Å². The van der Waals surface area contributed by atoms with Gasteiger partial charge in [-0.05, 0) is 43.9 Å². The predicted octanol–water partition coefficient (Wildman–Crippen LogP) is 2.86. The minimum absolute atomic E-state index is 0.0410. The number of halogens is 2. The molecule has 142 valence electrons. The molecule has 2 aliphatic heterocycles. The molecule has 0 radical (unpaired) electrons. The number of likely N-dealkylation sites (tertiary alicyclic amines) is 1. The normalized spacial score (nSPS) is 29.0. The quantitative estimate of drug-likeness (QED) is 0.834. The van der Waals surface area contributed by atoms with E-state index in [1.165, 1.54) is 11.0 Å². The number of allylic oxidation sites excluding steroid dienone is 2. The highest BCUT2D eigenvalue weighted by Gasteiger charge is 2.38. The summed E-state index contributed by atoms with van der Waals surface area (Å²) >= 11 is 0. The van der Waals surface area contributed by atoms with E-state index in [0.717, 1.165) is 25.7 Å². The van der Waals surface area contributed by atoms with E-state index in [2.05, 4.69) is 27.6 Å². The number of amides is 1. The number of alkyl halides is 2. The highest BCUT2D eigenvalue weighted by molar-refractivity contribution is 5.76. The first-order valence-electron chi connectivity index (χ1n) is 9.50. The number of nitrogens with zero attached hydrogens (tertiary/aromatic N) is 4. The Morgan fingerprint density at radius 1 is 1.31 bits per heavy atom. The molecule has 6 nitrogen and oxygen atoms in total. The molecule has 1 aliphatic carbocycles. The van der Waals surface area contributed by atoms with Crippen molar-refractivity contribution in [3.05, 3.63) is 18.5 Å². The molecule has 4 rings (SSSR count). The number of rotatable bonds is 4. The summed E-state index contributed by atoms with van der Waals surface area (Å²) in [6, 6.07) is -0.965. The fraction of sp³-hybridized carbons (Fsp3) is 0.722. The zero-order chi connectivity index (χ0) is 18.1. The maximum Gasteiger partial charge on any atom is 0.260 e. The molecule has 8 heteroatoms. The summed E-state index contributed by atoms with van der Waals surface area (Å²) in [5, 5.41) is 7.21. The van der Waals surface area contributed by atoms with Crippen LogP contribution in [0.3, 0.4) is 0 Å². The topological polar surface area (TPSA) is 63.1 Å². The molecular weight excluding hydrogens is 340 g/mol. The molecule has 0 saturated carbocycles. The first kappa shape index (κ1) is 17.4. The molecule has 0 aromatic carbocycles. The second kappa shape index (κ2) is 7.32. The van der Waals surface area contributed by atoms with Crippen molar-refractivity contribution in [3.63, 3.8) is 0 Å². The van der Waals surface area contributed by atoms with Gasteiger partial charge in [0.05, 0.1) is 0 Å². The lowest BCUT2D eigenvalue weighted by Crippen LogP contribution is -2.46. The Bertz CT molecular complexity index is 668. The lowest BCUT2D eigenvalue weighted by atomic mass is 9.85. The number of aromatic nitrogens is 3.